The Morgan fingerprint density at radius 1 is 1.29 bits per heavy atom. The second-order valence-corrected chi connectivity index (χ2v) is 4.57. The summed E-state index contributed by atoms with van der Waals surface area (Å²) in [6.07, 6.45) is 2.09. The predicted molar refractivity (Wildman–Crippen MR) is 83.6 cm³/mol. The van der Waals surface area contributed by atoms with E-state index >= 15 is 0 Å². The van der Waals surface area contributed by atoms with Crippen LogP contribution in [0.5, 0.6) is 0 Å². The topological polar surface area (TPSA) is 72.4 Å². The molecule has 2 rings (SSSR count). The maximum atomic E-state index is 12.4. The molecule has 5 nitrogen and oxygen atoms in total. The van der Waals surface area contributed by atoms with Gasteiger partial charge in [-0.25, -0.2) is 4.98 Å². The van der Waals surface area contributed by atoms with Crippen molar-refractivity contribution >= 4 is 18.3 Å². The van der Waals surface area contributed by atoms with Crippen LogP contribution in [-0.2, 0) is 6.42 Å². The number of rotatable bonds is 6. The lowest BCUT2D eigenvalue weighted by molar-refractivity contribution is 0.0755. The Labute approximate surface area is 130 Å². The number of hydrogen-bond acceptors (Lipinski definition) is 4. The lowest BCUT2D eigenvalue weighted by Gasteiger charge is -2.21. The number of aryl methyl sites for hydroxylation is 1. The molecular formula is C15H20ClN3O2. The van der Waals surface area contributed by atoms with E-state index in [0.717, 1.165) is 6.42 Å². The number of amides is 1. The van der Waals surface area contributed by atoms with Gasteiger partial charge in [0.25, 0.3) is 5.91 Å². The van der Waals surface area contributed by atoms with Crippen LogP contribution in [0.3, 0.4) is 0 Å². The number of nitrogens with zero attached hydrogens (tertiary/aromatic N) is 2. The van der Waals surface area contributed by atoms with E-state index in [2.05, 4.69) is 4.98 Å². The first-order chi connectivity index (χ1) is 9.72. The highest BCUT2D eigenvalue weighted by atomic mass is 35.5. The molecule has 0 radical (unpaired) electrons. The zero-order chi connectivity index (χ0) is 14.4. The Bertz CT molecular complexity index is 557. The number of hydrogen-bond donors (Lipinski definition) is 1. The van der Waals surface area contributed by atoms with Gasteiger partial charge in [0.15, 0.2) is 12.1 Å². The molecule has 0 spiro atoms. The minimum absolute atomic E-state index is 0. The number of aromatic nitrogens is 1. The molecule has 2 N–H and O–H groups in total. The van der Waals surface area contributed by atoms with Gasteiger partial charge >= 0.3 is 0 Å². The highest BCUT2D eigenvalue weighted by Gasteiger charge is 2.20. The molecule has 0 saturated heterocycles. The van der Waals surface area contributed by atoms with E-state index in [4.69, 9.17) is 10.2 Å². The third-order valence-corrected chi connectivity index (χ3v) is 3.15. The summed E-state index contributed by atoms with van der Waals surface area (Å²) in [5.74, 6) is 0.411. The Balaban J connectivity index is 0.00000220. The van der Waals surface area contributed by atoms with E-state index in [1.54, 1.807) is 11.8 Å². The van der Waals surface area contributed by atoms with Gasteiger partial charge in [0.05, 0.1) is 0 Å². The lowest BCUT2D eigenvalue weighted by Crippen LogP contribution is -2.37. The van der Waals surface area contributed by atoms with Crippen molar-refractivity contribution in [3.8, 4) is 0 Å². The third-order valence-electron chi connectivity index (χ3n) is 3.15. The maximum Gasteiger partial charge on any atom is 0.276 e. The van der Waals surface area contributed by atoms with Crippen LogP contribution in [0.2, 0.25) is 0 Å². The fraction of sp³-hybridized carbons (Fsp3) is 0.333. The van der Waals surface area contributed by atoms with Gasteiger partial charge in [0.1, 0.15) is 5.76 Å². The Kier molecular flexibility index (Phi) is 6.91. The molecule has 21 heavy (non-hydrogen) atoms. The van der Waals surface area contributed by atoms with E-state index in [1.165, 1.54) is 12.0 Å². The second-order valence-electron chi connectivity index (χ2n) is 4.57. The van der Waals surface area contributed by atoms with Crippen molar-refractivity contribution in [1.82, 2.24) is 9.88 Å². The average Bonchev–Trinajstić information content (AvgIpc) is 2.90. The van der Waals surface area contributed by atoms with Gasteiger partial charge in [-0.15, -0.1) is 12.4 Å². The maximum absolute atomic E-state index is 12.4. The number of oxazole rings is 1. The first kappa shape index (κ1) is 17.2. The normalized spacial score (nSPS) is 10.0. The summed E-state index contributed by atoms with van der Waals surface area (Å²) < 4.78 is 5.09. The van der Waals surface area contributed by atoms with Gasteiger partial charge in [-0.3, -0.25) is 4.79 Å². The molecule has 1 heterocycles. The molecule has 0 bridgehead atoms. The van der Waals surface area contributed by atoms with Gasteiger partial charge in [-0.05, 0) is 18.9 Å². The molecular weight excluding hydrogens is 290 g/mol. The van der Waals surface area contributed by atoms with Gasteiger partial charge < -0.3 is 15.1 Å². The monoisotopic (exact) mass is 309 g/mol. The smallest absolute Gasteiger partial charge is 0.276 e. The van der Waals surface area contributed by atoms with Gasteiger partial charge in [-0.1, -0.05) is 30.3 Å². The van der Waals surface area contributed by atoms with Crippen molar-refractivity contribution in [2.24, 2.45) is 5.73 Å². The van der Waals surface area contributed by atoms with Crippen molar-refractivity contribution in [2.45, 2.75) is 13.3 Å². The average molecular weight is 310 g/mol. The summed E-state index contributed by atoms with van der Waals surface area (Å²) >= 11 is 0. The Morgan fingerprint density at radius 3 is 2.57 bits per heavy atom. The number of nitrogens with two attached hydrogens (primary N) is 1. The van der Waals surface area contributed by atoms with Crippen molar-refractivity contribution in [3.05, 3.63) is 53.7 Å². The van der Waals surface area contributed by atoms with Crippen LogP contribution in [0.4, 0.5) is 0 Å². The molecule has 0 aliphatic rings. The quantitative estimate of drug-likeness (QED) is 0.886. The number of carbonyl (C=O) groups excluding carboxylic acids is 1. The SMILES string of the molecule is Cc1ocnc1C(=O)N(CCN)CCc1ccccc1.Cl. The third kappa shape index (κ3) is 4.58. The van der Waals surface area contributed by atoms with Crippen LogP contribution >= 0.6 is 12.4 Å². The largest absolute Gasteiger partial charge is 0.448 e. The first-order valence-corrected chi connectivity index (χ1v) is 6.65. The molecule has 1 aromatic carbocycles. The summed E-state index contributed by atoms with van der Waals surface area (Å²) in [6.45, 7) is 3.29. The van der Waals surface area contributed by atoms with Crippen LogP contribution in [0, 0.1) is 6.92 Å². The van der Waals surface area contributed by atoms with Crippen molar-refractivity contribution in [2.75, 3.05) is 19.6 Å². The van der Waals surface area contributed by atoms with Crippen LogP contribution in [0.1, 0.15) is 21.8 Å². The van der Waals surface area contributed by atoms with Crippen LogP contribution in [0.15, 0.2) is 41.1 Å². The zero-order valence-corrected chi connectivity index (χ0v) is 12.8. The standard InChI is InChI=1S/C15H19N3O2.ClH/c1-12-14(17-11-20-12)15(19)18(10-8-16)9-7-13-5-3-2-4-6-13;/h2-6,11H,7-10,16H2,1H3;1H. The molecule has 114 valence electrons. The van der Waals surface area contributed by atoms with Crippen molar-refractivity contribution in [3.63, 3.8) is 0 Å². The fourth-order valence-electron chi connectivity index (χ4n) is 2.04. The van der Waals surface area contributed by atoms with E-state index < -0.39 is 0 Å². The summed E-state index contributed by atoms with van der Waals surface area (Å²) in [5.41, 5.74) is 7.15. The summed E-state index contributed by atoms with van der Waals surface area (Å²) in [7, 11) is 0. The molecule has 0 atom stereocenters. The highest BCUT2D eigenvalue weighted by molar-refractivity contribution is 5.93. The number of halogens is 1. The molecule has 6 heteroatoms. The molecule has 0 fully saturated rings. The minimum atomic E-state index is -0.127. The van der Waals surface area contributed by atoms with E-state index in [9.17, 15) is 4.79 Å². The van der Waals surface area contributed by atoms with E-state index in [-0.39, 0.29) is 18.3 Å². The van der Waals surface area contributed by atoms with E-state index in [0.29, 0.717) is 31.1 Å². The van der Waals surface area contributed by atoms with Crippen LogP contribution < -0.4 is 5.73 Å². The summed E-state index contributed by atoms with van der Waals surface area (Å²) in [6, 6.07) is 10.1. The minimum Gasteiger partial charge on any atom is -0.448 e. The highest BCUT2D eigenvalue weighted by Crippen LogP contribution is 2.09. The second kappa shape index (κ2) is 8.44. The molecule has 0 aliphatic heterocycles. The van der Waals surface area contributed by atoms with Crippen molar-refractivity contribution < 1.29 is 9.21 Å². The summed E-state index contributed by atoms with van der Waals surface area (Å²) in [5, 5.41) is 0. The Hall–Kier alpha value is -1.85. The lowest BCUT2D eigenvalue weighted by atomic mass is 10.1. The zero-order valence-electron chi connectivity index (χ0n) is 12.0. The first-order valence-electron chi connectivity index (χ1n) is 6.65. The molecule has 0 unspecified atom stereocenters. The fourth-order valence-corrected chi connectivity index (χ4v) is 2.04. The van der Waals surface area contributed by atoms with Gasteiger partial charge in [0.2, 0.25) is 0 Å². The van der Waals surface area contributed by atoms with E-state index in [1.807, 2.05) is 30.3 Å². The molecule has 1 aromatic heterocycles. The van der Waals surface area contributed by atoms with Crippen LogP contribution in [-0.4, -0.2) is 35.4 Å². The summed E-state index contributed by atoms with van der Waals surface area (Å²) in [4.78, 5) is 18.1. The molecule has 1 amide bonds. The number of carbonyl (C=O) groups is 1. The van der Waals surface area contributed by atoms with Gasteiger partial charge in [-0.2, -0.15) is 0 Å². The predicted octanol–water partition coefficient (Wildman–Crippen LogP) is 2.05. The number of benzene rings is 1. The van der Waals surface area contributed by atoms with Crippen molar-refractivity contribution in [1.29, 1.82) is 0 Å². The van der Waals surface area contributed by atoms with Crippen LogP contribution in [0.25, 0.3) is 0 Å². The molecule has 0 saturated carbocycles. The Morgan fingerprint density at radius 2 is 2.00 bits per heavy atom. The molecule has 2 aromatic rings. The van der Waals surface area contributed by atoms with Gasteiger partial charge in [0, 0.05) is 19.6 Å². The molecule has 0 aliphatic carbocycles.